The van der Waals surface area contributed by atoms with Gasteiger partial charge in [-0.05, 0) is 38.3 Å². The number of aromatic nitrogens is 2. The third-order valence-electron chi connectivity index (χ3n) is 4.66. The van der Waals surface area contributed by atoms with Gasteiger partial charge in [0.15, 0.2) is 5.16 Å². The molecule has 6 heteroatoms. The SMILES string of the molecule is CCC(C)Sc1nc(C2(c3c(F)cccc3F)CC2)c(C)c(=O)[nH]1. The molecule has 0 bridgehead atoms. The molecule has 1 saturated carbocycles. The van der Waals surface area contributed by atoms with E-state index in [9.17, 15) is 13.6 Å². The molecular weight excluding hydrogens is 330 g/mol. The van der Waals surface area contributed by atoms with Gasteiger partial charge < -0.3 is 4.98 Å². The van der Waals surface area contributed by atoms with Gasteiger partial charge in [-0.25, -0.2) is 13.8 Å². The van der Waals surface area contributed by atoms with Gasteiger partial charge in [0.2, 0.25) is 0 Å². The van der Waals surface area contributed by atoms with Crippen molar-refractivity contribution in [3.63, 3.8) is 0 Å². The molecule has 128 valence electrons. The monoisotopic (exact) mass is 350 g/mol. The van der Waals surface area contributed by atoms with Crippen molar-refractivity contribution in [2.75, 3.05) is 0 Å². The van der Waals surface area contributed by atoms with E-state index in [4.69, 9.17) is 0 Å². The topological polar surface area (TPSA) is 45.8 Å². The molecule has 0 radical (unpaired) electrons. The lowest BCUT2D eigenvalue weighted by Crippen LogP contribution is -2.24. The van der Waals surface area contributed by atoms with Gasteiger partial charge >= 0.3 is 0 Å². The molecule has 24 heavy (non-hydrogen) atoms. The maximum atomic E-state index is 14.3. The summed E-state index contributed by atoms with van der Waals surface area (Å²) in [5.74, 6) is -1.16. The number of hydrogen-bond donors (Lipinski definition) is 1. The molecule has 1 aliphatic rings. The van der Waals surface area contributed by atoms with Gasteiger partial charge in [-0.3, -0.25) is 4.79 Å². The van der Waals surface area contributed by atoms with Gasteiger partial charge in [-0.2, -0.15) is 0 Å². The summed E-state index contributed by atoms with van der Waals surface area (Å²) in [5.41, 5.74) is -0.0948. The van der Waals surface area contributed by atoms with Gasteiger partial charge in [-0.1, -0.05) is 31.7 Å². The van der Waals surface area contributed by atoms with Gasteiger partial charge in [0, 0.05) is 21.8 Å². The number of rotatable bonds is 5. The molecular formula is C18H20F2N2OS. The molecule has 1 aromatic heterocycles. The number of aromatic amines is 1. The standard InChI is InChI=1S/C18H20F2N2OS/c1-4-10(2)24-17-21-15(11(3)16(23)22-17)18(8-9-18)14-12(19)6-5-7-13(14)20/h5-7,10H,4,8-9H2,1-3H3,(H,21,22,23). The number of nitrogens with one attached hydrogen (secondary N) is 1. The van der Waals surface area contributed by atoms with E-state index < -0.39 is 17.0 Å². The largest absolute Gasteiger partial charge is 0.301 e. The molecule has 3 nitrogen and oxygen atoms in total. The van der Waals surface area contributed by atoms with Crippen molar-refractivity contribution >= 4 is 11.8 Å². The van der Waals surface area contributed by atoms with Gasteiger partial charge in [0.05, 0.1) is 5.69 Å². The van der Waals surface area contributed by atoms with Crippen LogP contribution in [0.2, 0.25) is 0 Å². The Morgan fingerprint density at radius 3 is 2.50 bits per heavy atom. The van der Waals surface area contributed by atoms with E-state index in [1.165, 1.54) is 30.0 Å². The second-order valence-electron chi connectivity index (χ2n) is 6.36. The zero-order valence-electron chi connectivity index (χ0n) is 14.0. The Morgan fingerprint density at radius 1 is 1.33 bits per heavy atom. The third kappa shape index (κ3) is 2.88. The van der Waals surface area contributed by atoms with Crippen molar-refractivity contribution < 1.29 is 8.78 Å². The first-order chi connectivity index (χ1) is 11.4. The van der Waals surface area contributed by atoms with Crippen molar-refractivity contribution in [2.45, 2.75) is 55.9 Å². The molecule has 1 aromatic carbocycles. The van der Waals surface area contributed by atoms with Crippen LogP contribution in [0.5, 0.6) is 0 Å². The van der Waals surface area contributed by atoms with E-state index in [1.54, 1.807) is 6.92 Å². The number of thioether (sulfide) groups is 1. The number of benzene rings is 1. The molecule has 2 aromatic rings. The molecule has 1 unspecified atom stereocenters. The van der Waals surface area contributed by atoms with Gasteiger partial charge in [0.25, 0.3) is 5.56 Å². The maximum absolute atomic E-state index is 14.3. The fourth-order valence-electron chi connectivity index (χ4n) is 2.99. The molecule has 1 atom stereocenters. The molecule has 3 rings (SSSR count). The quantitative estimate of drug-likeness (QED) is 0.645. The van der Waals surface area contributed by atoms with E-state index in [0.717, 1.165) is 6.42 Å². The minimum Gasteiger partial charge on any atom is -0.301 e. The van der Waals surface area contributed by atoms with Crippen LogP contribution in [-0.2, 0) is 5.41 Å². The van der Waals surface area contributed by atoms with Crippen molar-refractivity contribution in [3.8, 4) is 0 Å². The molecule has 1 aliphatic carbocycles. The first kappa shape index (κ1) is 17.1. The Balaban J connectivity index is 2.13. The predicted octanol–water partition coefficient (Wildman–Crippen LogP) is 4.33. The van der Waals surface area contributed by atoms with E-state index in [2.05, 4.69) is 16.9 Å². The van der Waals surface area contributed by atoms with Gasteiger partial charge in [0.1, 0.15) is 11.6 Å². The Morgan fingerprint density at radius 2 is 1.96 bits per heavy atom. The van der Waals surface area contributed by atoms with Crippen LogP contribution < -0.4 is 5.56 Å². The predicted molar refractivity (Wildman–Crippen MR) is 91.6 cm³/mol. The summed E-state index contributed by atoms with van der Waals surface area (Å²) in [7, 11) is 0. The van der Waals surface area contributed by atoms with E-state index in [1.807, 2.05) is 6.92 Å². The second kappa shape index (κ2) is 6.31. The minimum absolute atomic E-state index is 0.0330. The molecule has 0 spiro atoms. The number of halogens is 2. The lowest BCUT2D eigenvalue weighted by atomic mass is 9.89. The summed E-state index contributed by atoms with van der Waals surface area (Å²) in [6.45, 7) is 5.77. The van der Waals surface area contributed by atoms with E-state index in [-0.39, 0.29) is 11.1 Å². The highest BCUT2D eigenvalue weighted by molar-refractivity contribution is 7.99. The Labute approximate surface area is 143 Å². The fourth-order valence-corrected chi connectivity index (χ4v) is 3.84. The summed E-state index contributed by atoms with van der Waals surface area (Å²) in [5, 5.41) is 0.807. The van der Waals surface area contributed by atoms with Crippen molar-refractivity contribution in [2.24, 2.45) is 0 Å². The second-order valence-corrected chi connectivity index (χ2v) is 7.79. The number of nitrogens with zero attached hydrogens (tertiary/aromatic N) is 1. The Bertz CT molecular complexity index is 810. The lowest BCUT2D eigenvalue weighted by molar-refractivity contribution is 0.530. The first-order valence-electron chi connectivity index (χ1n) is 8.11. The Kier molecular flexibility index (Phi) is 4.51. The van der Waals surface area contributed by atoms with Crippen LogP contribution in [0, 0.1) is 18.6 Å². The maximum Gasteiger partial charge on any atom is 0.254 e. The molecule has 1 heterocycles. The van der Waals surface area contributed by atoms with Crippen LogP contribution in [0.1, 0.15) is 49.9 Å². The number of hydrogen-bond acceptors (Lipinski definition) is 3. The zero-order valence-corrected chi connectivity index (χ0v) is 14.8. The highest BCUT2D eigenvalue weighted by atomic mass is 32.2. The molecule has 0 aliphatic heterocycles. The Hall–Kier alpha value is -1.69. The van der Waals surface area contributed by atoms with Crippen LogP contribution >= 0.6 is 11.8 Å². The fraction of sp³-hybridized carbons (Fsp3) is 0.444. The molecule has 1 N–H and O–H groups in total. The van der Waals surface area contributed by atoms with Crippen molar-refractivity contribution in [3.05, 3.63) is 57.0 Å². The molecule has 1 fully saturated rings. The summed E-state index contributed by atoms with van der Waals surface area (Å²) in [6, 6.07) is 3.87. The third-order valence-corrected chi connectivity index (χ3v) is 5.81. The van der Waals surface area contributed by atoms with Crippen molar-refractivity contribution in [1.29, 1.82) is 0 Å². The average Bonchev–Trinajstić information content (AvgIpc) is 3.31. The van der Waals surface area contributed by atoms with Crippen LogP contribution in [0.25, 0.3) is 0 Å². The lowest BCUT2D eigenvalue weighted by Gasteiger charge is -2.20. The van der Waals surface area contributed by atoms with Gasteiger partial charge in [-0.15, -0.1) is 0 Å². The minimum atomic E-state index is -0.821. The average molecular weight is 350 g/mol. The molecule has 0 saturated heterocycles. The van der Waals surface area contributed by atoms with Crippen LogP contribution in [0.15, 0.2) is 28.2 Å². The molecule has 0 amide bonds. The first-order valence-corrected chi connectivity index (χ1v) is 8.99. The normalized spacial score (nSPS) is 16.9. The van der Waals surface area contributed by atoms with Crippen molar-refractivity contribution in [1.82, 2.24) is 9.97 Å². The zero-order chi connectivity index (χ0) is 17.5. The van der Waals surface area contributed by atoms with E-state index >= 15 is 0 Å². The van der Waals surface area contributed by atoms with Crippen LogP contribution in [-0.4, -0.2) is 15.2 Å². The van der Waals surface area contributed by atoms with Crippen LogP contribution in [0.4, 0.5) is 8.78 Å². The highest BCUT2D eigenvalue weighted by Crippen LogP contribution is 2.54. The summed E-state index contributed by atoms with van der Waals surface area (Å²) < 4.78 is 28.6. The number of H-pyrrole nitrogens is 1. The van der Waals surface area contributed by atoms with Crippen LogP contribution in [0.3, 0.4) is 0 Å². The summed E-state index contributed by atoms with van der Waals surface area (Å²) in [4.78, 5) is 19.7. The smallest absolute Gasteiger partial charge is 0.254 e. The summed E-state index contributed by atoms with van der Waals surface area (Å²) >= 11 is 1.47. The van der Waals surface area contributed by atoms with E-state index in [0.29, 0.717) is 34.5 Å². The summed E-state index contributed by atoms with van der Waals surface area (Å²) in [6.07, 6.45) is 2.12. The highest BCUT2D eigenvalue weighted by Gasteiger charge is 2.52.